The first-order chi connectivity index (χ1) is 9.42. The Labute approximate surface area is 114 Å². The van der Waals surface area contributed by atoms with Crippen molar-refractivity contribution in [1.29, 1.82) is 0 Å². The molecule has 1 aromatic carbocycles. The van der Waals surface area contributed by atoms with Gasteiger partial charge < -0.3 is 4.74 Å². The molecule has 0 unspecified atom stereocenters. The molecule has 0 radical (unpaired) electrons. The molecule has 2 rings (SSSR count). The molecule has 0 saturated carbocycles. The second-order valence-corrected chi connectivity index (χ2v) is 5.44. The van der Waals surface area contributed by atoms with Crippen LogP contribution in [0.15, 0.2) is 41.3 Å². The van der Waals surface area contributed by atoms with Gasteiger partial charge in [0.25, 0.3) is 10.0 Å². The highest BCUT2D eigenvalue weighted by Gasteiger charge is 2.17. The van der Waals surface area contributed by atoms with Crippen LogP contribution in [0.1, 0.15) is 0 Å². The van der Waals surface area contributed by atoms with Crippen molar-refractivity contribution in [2.45, 2.75) is 4.90 Å². The molecule has 0 aliphatic heterocycles. The summed E-state index contributed by atoms with van der Waals surface area (Å²) in [5.41, 5.74) is -0.436. The van der Waals surface area contributed by atoms with E-state index in [1.165, 1.54) is 25.3 Å². The molecular formula is C12H10F2N2O3S. The molecular weight excluding hydrogens is 290 g/mol. The maximum atomic E-state index is 13.3. The van der Waals surface area contributed by atoms with Crippen LogP contribution in [-0.4, -0.2) is 20.5 Å². The maximum Gasteiger partial charge on any atom is 0.262 e. The van der Waals surface area contributed by atoms with Crippen molar-refractivity contribution in [1.82, 2.24) is 4.98 Å². The van der Waals surface area contributed by atoms with Crippen molar-refractivity contribution >= 4 is 15.7 Å². The van der Waals surface area contributed by atoms with Crippen LogP contribution in [0, 0.1) is 11.9 Å². The number of nitrogens with one attached hydrogen (secondary N) is 1. The number of hydrogen-bond donors (Lipinski definition) is 1. The zero-order valence-electron chi connectivity index (χ0n) is 10.3. The van der Waals surface area contributed by atoms with Crippen molar-refractivity contribution in [3.05, 3.63) is 48.3 Å². The fourth-order valence-corrected chi connectivity index (χ4v) is 2.55. The fourth-order valence-electron chi connectivity index (χ4n) is 1.46. The number of anilines is 1. The van der Waals surface area contributed by atoms with Gasteiger partial charge in [-0.05, 0) is 24.3 Å². The van der Waals surface area contributed by atoms with Gasteiger partial charge in [0.2, 0.25) is 11.9 Å². The third-order valence-corrected chi connectivity index (χ3v) is 3.77. The van der Waals surface area contributed by atoms with Crippen molar-refractivity contribution in [2.75, 3.05) is 11.8 Å². The standard InChI is InChI=1S/C12H10F2N2O3S/c1-19-8-3-2-4-9(7-8)20(17,18)16-10-5-6-11(13)15-12(10)14/h2-7,16H,1H3. The zero-order chi connectivity index (χ0) is 14.8. The van der Waals surface area contributed by atoms with Gasteiger partial charge in [0.15, 0.2) is 0 Å². The van der Waals surface area contributed by atoms with Crippen LogP contribution in [0.5, 0.6) is 5.75 Å². The lowest BCUT2D eigenvalue weighted by molar-refractivity contribution is 0.413. The van der Waals surface area contributed by atoms with Gasteiger partial charge in [-0.2, -0.15) is 13.8 Å². The van der Waals surface area contributed by atoms with E-state index in [4.69, 9.17) is 4.74 Å². The highest BCUT2D eigenvalue weighted by Crippen LogP contribution is 2.21. The number of nitrogens with zero attached hydrogens (tertiary/aromatic N) is 1. The van der Waals surface area contributed by atoms with E-state index in [1.54, 1.807) is 6.07 Å². The molecule has 0 atom stereocenters. The molecule has 8 heteroatoms. The monoisotopic (exact) mass is 300 g/mol. The minimum atomic E-state index is -4.01. The van der Waals surface area contributed by atoms with E-state index >= 15 is 0 Å². The van der Waals surface area contributed by atoms with Crippen LogP contribution >= 0.6 is 0 Å². The molecule has 0 aliphatic rings. The minimum Gasteiger partial charge on any atom is -0.497 e. The van der Waals surface area contributed by atoms with Crippen LogP contribution in [0.2, 0.25) is 0 Å². The van der Waals surface area contributed by atoms with Gasteiger partial charge in [-0.25, -0.2) is 8.42 Å². The first-order valence-electron chi connectivity index (χ1n) is 5.41. The SMILES string of the molecule is COc1cccc(S(=O)(=O)Nc2ccc(F)nc2F)c1. The summed E-state index contributed by atoms with van der Waals surface area (Å²) in [6, 6.07) is 7.45. The predicted octanol–water partition coefficient (Wildman–Crippen LogP) is 2.17. The summed E-state index contributed by atoms with van der Waals surface area (Å²) in [5.74, 6) is -1.94. The minimum absolute atomic E-state index is 0.111. The van der Waals surface area contributed by atoms with E-state index in [9.17, 15) is 17.2 Å². The van der Waals surface area contributed by atoms with Gasteiger partial charge in [-0.15, -0.1) is 0 Å². The Hall–Kier alpha value is -2.22. The molecule has 0 saturated heterocycles. The first kappa shape index (κ1) is 14.2. The van der Waals surface area contributed by atoms with E-state index < -0.39 is 27.6 Å². The quantitative estimate of drug-likeness (QED) is 0.879. The van der Waals surface area contributed by atoms with Crippen LogP contribution in [0.25, 0.3) is 0 Å². The van der Waals surface area contributed by atoms with E-state index in [0.717, 1.165) is 12.1 Å². The van der Waals surface area contributed by atoms with Crippen LogP contribution in [0.3, 0.4) is 0 Å². The first-order valence-corrected chi connectivity index (χ1v) is 6.89. The summed E-state index contributed by atoms with van der Waals surface area (Å²) in [5, 5.41) is 0. The van der Waals surface area contributed by atoms with Gasteiger partial charge in [0.1, 0.15) is 11.4 Å². The molecule has 0 aliphatic carbocycles. The number of pyridine rings is 1. The molecule has 0 fully saturated rings. The second-order valence-electron chi connectivity index (χ2n) is 3.76. The molecule has 1 heterocycles. The topological polar surface area (TPSA) is 68.3 Å². The van der Waals surface area contributed by atoms with Gasteiger partial charge in [0, 0.05) is 6.07 Å². The Bertz CT molecular complexity index is 735. The predicted molar refractivity (Wildman–Crippen MR) is 68.0 cm³/mol. The highest BCUT2D eigenvalue weighted by molar-refractivity contribution is 7.92. The molecule has 2 aromatic rings. The Morgan fingerprint density at radius 2 is 1.95 bits per heavy atom. The third kappa shape index (κ3) is 3.02. The summed E-state index contributed by atoms with van der Waals surface area (Å²) in [6.45, 7) is 0. The molecule has 0 bridgehead atoms. The molecule has 5 nitrogen and oxygen atoms in total. The summed E-state index contributed by atoms with van der Waals surface area (Å²) < 4.78 is 57.0. The summed E-state index contributed by atoms with van der Waals surface area (Å²) in [7, 11) is -2.62. The normalized spacial score (nSPS) is 11.2. The average Bonchev–Trinajstić information content (AvgIpc) is 2.42. The van der Waals surface area contributed by atoms with Crippen LogP contribution < -0.4 is 9.46 Å². The van der Waals surface area contributed by atoms with Crippen molar-refractivity contribution in [3.8, 4) is 5.75 Å². The van der Waals surface area contributed by atoms with Crippen molar-refractivity contribution in [2.24, 2.45) is 0 Å². The molecule has 20 heavy (non-hydrogen) atoms. The molecule has 0 amide bonds. The fraction of sp³-hybridized carbons (Fsp3) is 0.0833. The van der Waals surface area contributed by atoms with E-state index in [-0.39, 0.29) is 4.90 Å². The molecule has 1 aromatic heterocycles. The van der Waals surface area contributed by atoms with E-state index in [1.807, 2.05) is 4.72 Å². The summed E-state index contributed by atoms with van der Waals surface area (Å²) in [6.07, 6.45) is 0. The Balaban J connectivity index is 2.35. The van der Waals surface area contributed by atoms with E-state index in [0.29, 0.717) is 5.75 Å². The number of hydrogen-bond acceptors (Lipinski definition) is 4. The van der Waals surface area contributed by atoms with Crippen LogP contribution in [0.4, 0.5) is 14.5 Å². The summed E-state index contributed by atoms with van der Waals surface area (Å²) in [4.78, 5) is 2.79. The van der Waals surface area contributed by atoms with Gasteiger partial charge in [0.05, 0.1) is 12.0 Å². The van der Waals surface area contributed by atoms with Crippen LogP contribution in [-0.2, 0) is 10.0 Å². The van der Waals surface area contributed by atoms with Gasteiger partial charge >= 0.3 is 0 Å². The Kier molecular flexibility index (Phi) is 3.84. The lowest BCUT2D eigenvalue weighted by atomic mass is 10.3. The molecule has 106 valence electrons. The highest BCUT2D eigenvalue weighted by atomic mass is 32.2. The van der Waals surface area contributed by atoms with E-state index in [2.05, 4.69) is 4.98 Å². The van der Waals surface area contributed by atoms with Crippen molar-refractivity contribution in [3.63, 3.8) is 0 Å². The number of halogens is 2. The molecule has 1 N–H and O–H groups in total. The number of benzene rings is 1. The molecule has 0 spiro atoms. The smallest absolute Gasteiger partial charge is 0.262 e. The second kappa shape index (κ2) is 5.41. The third-order valence-electron chi connectivity index (χ3n) is 2.41. The maximum absolute atomic E-state index is 13.3. The zero-order valence-corrected chi connectivity index (χ0v) is 11.1. The Morgan fingerprint density at radius 1 is 1.20 bits per heavy atom. The largest absolute Gasteiger partial charge is 0.497 e. The van der Waals surface area contributed by atoms with Crippen molar-refractivity contribution < 1.29 is 21.9 Å². The van der Waals surface area contributed by atoms with Gasteiger partial charge in [-0.3, -0.25) is 4.72 Å². The van der Waals surface area contributed by atoms with Gasteiger partial charge in [-0.1, -0.05) is 6.07 Å². The number of methoxy groups -OCH3 is 1. The lowest BCUT2D eigenvalue weighted by Gasteiger charge is -2.09. The Morgan fingerprint density at radius 3 is 2.60 bits per heavy atom. The lowest BCUT2D eigenvalue weighted by Crippen LogP contribution is -2.14. The number of sulfonamides is 1. The summed E-state index contributed by atoms with van der Waals surface area (Å²) >= 11 is 0. The number of aromatic nitrogens is 1. The number of rotatable bonds is 4. The average molecular weight is 300 g/mol. The number of ether oxygens (including phenoxy) is 1.